The first-order chi connectivity index (χ1) is 10.1. The normalized spacial score (nSPS) is 12.2. The number of hydrogen-bond donors (Lipinski definition) is 1. The van der Waals surface area contributed by atoms with Crippen LogP contribution < -0.4 is 10.6 Å². The van der Waals surface area contributed by atoms with Crippen LogP contribution in [0.4, 0.5) is 5.69 Å². The van der Waals surface area contributed by atoms with Crippen molar-refractivity contribution in [1.29, 1.82) is 0 Å². The molecule has 3 heteroatoms. The fraction of sp³-hybridized carbons (Fsp3) is 0.333. The number of rotatable bonds is 6. The van der Waals surface area contributed by atoms with Gasteiger partial charge in [-0.2, -0.15) is 0 Å². The minimum Gasteiger partial charge on any atom is -0.367 e. The molecule has 21 heavy (non-hydrogen) atoms. The van der Waals surface area contributed by atoms with Gasteiger partial charge >= 0.3 is 0 Å². The van der Waals surface area contributed by atoms with Crippen molar-refractivity contribution in [3.8, 4) is 0 Å². The Kier molecular flexibility index (Phi) is 5.66. The number of anilines is 1. The van der Waals surface area contributed by atoms with Crippen molar-refractivity contribution in [2.24, 2.45) is 5.73 Å². The van der Waals surface area contributed by atoms with E-state index in [0.29, 0.717) is 0 Å². The van der Waals surface area contributed by atoms with E-state index in [1.165, 1.54) is 5.56 Å². The Bertz CT molecular complexity index is 567. The molecule has 2 rings (SSSR count). The van der Waals surface area contributed by atoms with Crippen LogP contribution in [-0.4, -0.2) is 12.6 Å². The lowest BCUT2D eigenvalue weighted by atomic mass is 10.1. The van der Waals surface area contributed by atoms with Crippen LogP contribution in [0.2, 0.25) is 5.02 Å². The van der Waals surface area contributed by atoms with Gasteiger partial charge in [0.1, 0.15) is 0 Å². The van der Waals surface area contributed by atoms with Gasteiger partial charge in [-0.05, 0) is 43.5 Å². The fourth-order valence-corrected chi connectivity index (χ4v) is 2.69. The molecule has 2 nitrogen and oxygen atoms in total. The van der Waals surface area contributed by atoms with Gasteiger partial charge in [0.15, 0.2) is 0 Å². The van der Waals surface area contributed by atoms with Crippen LogP contribution in [0, 0.1) is 0 Å². The average Bonchev–Trinajstić information content (AvgIpc) is 2.47. The maximum Gasteiger partial charge on any atom is 0.0459 e. The maximum atomic E-state index is 6.40. The van der Waals surface area contributed by atoms with Gasteiger partial charge in [-0.25, -0.2) is 0 Å². The summed E-state index contributed by atoms with van der Waals surface area (Å²) in [5, 5.41) is 0.802. The Hall–Kier alpha value is -1.51. The van der Waals surface area contributed by atoms with Crippen LogP contribution in [0.25, 0.3) is 0 Å². The minimum atomic E-state index is 0.125. The van der Waals surface area contributed by atoms with E-state index in [1.54, 1.807) is 0 Å². The molecule has 0 fully saturated rings. The summed E-state index contributed by atoms with van der Waals surface area (Å²) in [5.41, 5.74) is 9.42. The average molecular weight is 303 g/mol. The molecule has 0 aromatic heterocycles. The summed E-state index contributed by atoms with van der Waals surface area (Å²) in [4.78, 5) is 2.32. The highest BCUT2D eigenvalue weighted by Gasteiger charge is 2.09. The van der Waals surface area contributed by atoms with Gasteiger partial charge in [0.05, 0.1) is 0 Å². The first kappa shape index (κ1) is 15.9. The van der Waals surface area contributed by atoms with Crippen LogP contribution in [0.3, 0.4) is 0 Å². The Morgan fingerprint density at radius 3 is 2.43 bits per heavy atom. The van der Waals surface area contributed by atoms with E-state index in [1.807, 2.05) is 19.1 Å². The molecule has 0 bridgehead atoms. The fourth-order valence-electron chi connectivity index (χ4n) is 2.43. The number of benzene rings is 2. The summed E-state index contributed by atoms with van der Waals surface area (Å²) in [6.45, 7) is 5.99. The zero-order valence-electron chi connectivity index (χ0n) is 12.7. The summed E-state index contributed by atoms with van der Waals surface area (Å²) in [6, 6.07) is 16.9. The molecule has 0 amide bonds. The predicted octanol–water partition coefficient (Wildman–Crippen LogP) is 4.26. The van der Waals surface area contributed by atoms with Crippen molar-refractivity contribution in [3.63, 3.8) is 0 Å². The lowest BCUT2D eigenvalue weighted by Crippen LogP contribution is -2.22. The van der Waals surface area contributed by atoms with E-state index in [2.05, 4.69) is 48.2 Å². The second kappa shape index (κ2) is 7.48. The molecule has 0 aliphatic heterocycles. The molecule has 1 atom stereocenters. The SMILES string of the molecule is CCN(Cc1ccccc1)c1ccc(CC(C)N)c(Cl)c1. The molecule has 0 saturated carbocycles. The van der Waals surface area contributed by atoms with Crippen molar-refractivity contribution in [3.05, 3.63) is 64.7 Å². The van der Waals surface area contributed by atoms with E-state index in [0.717, 1.165) is 35.8 Å². The summed E-state index contributed by atoms with van der Waals surface area (Å²) in [5.74, 6) is 0. The van der Waals surface area contributed by atoms with Crippen LogP contribution in [-0.2, 0) is 13.0 Å². The zero-order chi connectivity index (χ0) is 15.2. The molecule has 2 aromatic rings. The molecular formula is C18H23ClN2. The zero-order valence-corrected chi connectivity index (χ0v) is 13.5. The lowest BCUT2D eigenvalue weighted by molar-refractivity contribution is 0.738. The lowest BCUT2D eigenvalue weighted by Gasteiger charge is -2.24. The molecule has 0 radical (unpaired) electrons. The molecule has 0 heterocycles. The topological polar surface area (TPSA) is 29.3 Å². The van der Waals surface area contributed by atoms with E-state index >= 15 is 0 Å². The summed E-state index contributed by atoms with van der Waals surface area (Å²) >= 11 is 6.40. The van der Waals surface area contributed by atoms with Gasteiger partial charge in [0.2, 0.25) is 0 Å². The quantitative estimate of drug-likeness (QED) is 0.864. The van der Waals surface area contributed by atoms with Crippen molar-refractivity contribution < 1.29 is 0 Å². The first-order valence-corrected chi connectivity index (χ1v) is 7.80. The largest absolute Gasteiger partial charge is 0.367 e. The first-order valence-electron chi connectivity index (χ1n) is 7.43. The molecule has 1 unspecified atom stereocenters. The molecule has 0 aliphatic carbocycles. The van der Waals surface area contributed by atoms with Gasteiger partial charge in [-0.15, -0.1) is 0 Å². The third-order valence-electron chi connectivity index (χ3n) is 3.54. The molecule has 2 aromatic carbocycles. The van der Waals surface area contributed by atoms with E-state index < -0.39 is 0 Å². The van der Waals surface area contributed by atoms with E-state index in [9.17, 15) is 0 Å². The Morgan fingerprint density at radius 2 is 1.86 bits per heavy atom. The molecular weight excluding hydrogens is 280 g/mol. The predicted molar refractivity (Wildman–Crippen MR) is 92.0 cm³/mol. The Balaban J connectivity index is 2.17. The van der Waals surface area contributed by atoms with E-state index in [-0.39, 0.29) is 6.04 Å². The molecule has 0 saturated heterocycles. The highest BCUT2D eigenvalue weighted by molar-refractivity contribution is 6.31. The molecule has 2 N–H and O–H groups in total. The molecule has 112 valence electrons. The van der Waals surface area contributed by atoms with Gasteiger partial charge in [-0.1, -0.05) is 48.0 Å². The van der Waals surface area contributed by atoms with Crippen molar-refractivity contribution in [2.45, 2.75) is 32.9 Å². The monoisotopic (exact) mass is 302 g/mol. The third kappa shape index (κ3) is 4.48. The summed E-state index contributed by atoms with van der Waals surface area (Å²) < 4.78 is 0. The highest BCUT2D eigenvalue weighted by Crippen LogP contribution is 2.25. The van der Waals surface area contributed by atoms with E-state index in [4.69, 9.17) is 17.3 Å². The van der Waals surface area contributed by atoms with Crippen molar-refractivity contribution in [2.75, 3.05) is 11.4 Å². The number of halogens is 1. The van der Waals surface area contributed by atoms with Crippen LogP contribution in [0.15, 0.2) is 48.5 Å². The van der Waals surface area contributed by atoms with Crippen molar-refractivity contribution in [1.82, 2.24) is 0 Å². The van der Waals surface area contributed by atoms with Crippen molar-refractivity contribution >= 4 is 17.3 Å². The second-order valence-electron chi connectivity index (χ2n) is 5.46. The maximum absolute atomic E-state index is 6.40. The standard InChI is InChI=1S/C18H23ClN2/c1-3-21(13-15-7-5-4-6-8-15)17-10-9-16(11-14(2)20)18(19)12-17/h4-10,12,14H,3,11,13,20H2,1-2H3. The van der Waals surface area contributed by atoms with Gasteiger partial charge in [-0.3, -0.25) is 0 Å². The summed E-state index contributed by atoms with van der Waals surface area (Å²) in [6.07, 6.45) is 0.809. The highest BCUT2D eigenvalue weighted by atomic mass is 35.5. The second-order valence-corrected chi connectivity index (χ2v) is 5.86. The Morgan fingerprint density at radius 1 is 1.14 bits per heavy atom. The minimum absolute atomic E-state index is 0.125. The number of hydrogen-bond acceptors (Lipinski definition) is 2. The molecule has 0 spiro atoms. The number of nitrogens with two attached hydrogens (primary N) is 1. The summed E-state index contributed by atoms with van der Waals surface area (Å²) in [7, 11) is 0. The van der Waals surface area contributed by atoms with Crippen LogP contribution in [0.1, 0.15) is 25.0 Å². The van der Waals surface area contributed by atoms with Gasteiger partial charge < -0.3 is 10.6 Å². The van der Waals surface area contributed by atoms with Crippen LogP contribution >= 0.6 is 11.6 Å². The Labute approximate surface area is 132 Å². The third-order valence-corrected chi connectivity index (χ3v) is 3.89. The number of nitrogens with zero attached hydrogens (tertiary/aromatic N) is 1. The van der Waals surface area contributed by atoms with Gasteiger partial charge in [0.25, 0.3) is 0 Å². The van der Waals surface area contributed by atoms with Gasteiger partial charge in [0, 0.05) is 29.8 Å². The van der Waals surface area contributed by atoms with Crippen LogP contribution in [0.5, 0.6) is 0 Å². The molecule has 0 aliphatic rings. The smallest absolute Gasteiger partial charge is 0.0459 e.